The molecule has 2 amide bonds. The van der Waals surface area contributed by atoms with E-state index in [9.17, 15) is 9.59 Å². The van der Waals surface area contributed by atoms with E-state index in [0.29, 0.717) is 19.0 Å². The third-order valence-corrected chi connectivity index (χ3v) is 9.18. The molecule has 4 aliphatic rings. The van der Waals surface area contributed by atoms with Gasteiger partial charge in [-0.2, -0.15) is 0 Å². The predicted molar refractivity (Wildman–Crippen MR) is 142 cm³/mol. The van der Waals surface area contributed by atoms with Gasteiger partial charge in [0.15, 0.2) is 0 Å². The minimum atomic E-state index is 0.111. The first kappa shape index (κ1) is 23.7. The van der Waals surface area contributed by atoms with Crippen LogP contribution in [0, 0.1) is 0 Å². The van der Waals surface area contributed by atoms with E-state index in [4.69, 9.17) is 0 Å². The van der Waals surface area contributed by atoms with Crippen LogP contribution in [0.4, 0.5) is 0 Å². The van der Waals surface area contributed by atoms with Crippen LogP contribution < -0.4 is 0 Å². The van der Waals surface area contributed by atoms with Crippen molar-refractivity contribution < 1.29 is 9.59 Å². The summed E-state index contributed by atoms with van der Waals surface area (Å²) < 4.78 is 0. The summed E-state index contributed by atoms with van der Waals surface area (Å²) in [5.41, 5.74) is 5.34. The van der Waals surface area contributed by atoms with Crippen LogP contribution in [0.15, 0.2) is 42.5 Å². The minimum absolute atomic E-state index is 0.111. The van der Waals surface area contributed by atoms with E-state index in [2.05, 4.69) is 29.2 Å². The summed E-state index contributed by atoms with van der Waals surface area (Å²) in [5.74, 6) is 0.927. The van der Waals surface area contributed by atoms with Crippen molar-refractivity contribution in [1.82, 2.24) is 14.7 Å². The van der Waals surface area contributed by atoms with Crippen molar-refractivity contribution in [1.29, 1.82) is 0 Å². The van der Waals surface area contributed by atoms with E-state index in [-0.39, 0.29) is 11.8 Å². The maximum atomic E-state index is 13.2. The summed E-state index contributed by atoms with van der Waals surface area (Å²) in [7, 11) is 0. The van der Waals surface area contributed by atoms with Gasteiger partial charge in [0.2, 0.25) is 0 Å². The quantitative estimate of drug-likeness (QED) is 0.595. The molecule has 0 aromatic heterocycles. The van der Waals surface area contributed by atoms with Gasteiger partial charge in [-0.3, -0.25) is 14.5 Å². The van der Waals surface area contributed by atoms with Gasteiger partial charge in [-0.25, -0.2) is 0 Å². The zero-order valence-corrected chi connectivity index (χ0v) is 21.5. The molecule has 2 aliphatic carbocycles. The summed E-state index contributed by atoms with van der Waals surface area (Å²) in [4.78, 5) is 33.0. The van der Waals surface area contributed by atoms with Crippen molar-refractivity contribution >= 4 is 11.8 Å². The Labute approximate surface area is 215 Å². The van der Waals surface area contributed by atoms with Crippen LogP contribution in [0.3, 0.4) is 0 Å². The van der Waals surface area contributed by atoms with E-state index in [1.165, 1.54) is 68.1 Å². The second kappa shape index (κ2) is 10.4. The predicted octanol–water partition coefficient (Wildman–Crippen LogP) is 5.24. The average Bonchev–Trinajstić information content (AvgIpc) is 2.92. The molecule has 0 spiro atoms. The third-order valence-electron chi connectivity index (χ3n) is 9.18. The van der Waals surface area contributed by atoms with E-state index in [1.54, 1.807) is 0 Å². The molecule has 2 aliphatic heterocycles. The van der Waals surface area contributed by atoms with Crippen LogP contribution in [0.5, 0.6) is 0 Å². The number of hydrogen-bond acceptors (Lipinski definition) is 3. The summed E-state index contributed by atoms with van der Waals surface area (Å²) in [6, 6.07) is 15.3. The van der Waals surface area contributed by atoms with Crippen molar-refractivity contribution in [2.24, 2.45) is 0 Å². The van der Waals surface area contributed by atoms with E-state index < -0.39 is 0 Å². The Balaban J connectivity index is 1.07. The number of carbonyl (C=O) groups is 2. The minimum Gasteiger partial charge on any atom is -0.336 e. The first-order valence-electron chi connectivity index (χ1n) is 14.2. The monoisotopic (exact) mass is 485 g/mol. The maximum Gasteiger partial charge on any atom is 0.254 e. The largest absolute Gasteiger partial charge is 0.336 e. The van der Waals surface area contributed by atoms with Crippen molar-refractivity contribution in [3.05, 3.63) is 70.3 Å². The summed E-state index contributed by atoms with van der Waals surface area (Å²) in [6.45, 7) is 4.98. The Kier molecular flexibility index (Phi) is 6.83. The molecule has 0 atom stereocenters. The number of nitrogens with zero attached hydrogens (tertiary/aromatic N) is 3. The highest BCUT2D eigenvalue weighted by molar-refractivity contribution is 5.95. The van der Waals surface area contributed by atoms with Gasteiger partial charge in [-0.1, -0.05) is 43.9 Å². The van der Waals surface area contributed by atoms with Crippen LogP contribution in [0.25, 0.3) is 0 Å². The van der Waals surface area contributed by atoms with Crippen LogP contribution in [0.1, 0.15) is 94.7 Å². The molecule has 0 radical (unpaired) electrons. The maximum absolute atomic E-state index is 13.2. The van der Waals surface area contributed by atoms with Crippen molar-refractivity contribution in [2.45, 2.75) is 76.3 Å². The molecule has 6 rings (SSSR count). The Morgan fingerprint density at radius 2 is 1.33 bits per heavy atom. The zero-order valence-electron chi connectivity index (χ0n) is 21.5. The van der Waals surface area contributed by atoms with Crippen LogP contribution in [0.2, 0.25) is 0 Å². The van der Waals surface area contributed by atoms with E-state index in [1.807, 2.05) is 28.0 Å². The number of amides is 2. The molecule has 5 heteroatoms. The van der Waals surface area contributed by atoms with Crippen molar-refractivity contribution in [3.8, 4) is 0 Å². The number of hydrogen-bond donors (Lipinski definition) is 0. The molecule has 2 aromatic rings. The van der Waals surface area contributed by atoms with E-state index in [0.717, 1.165) is 49.8 Å². The number of piperazine rings is 1. The molecule has 0 N–H and O–H groups in total. The Morgan fingerprint density at radius 3 is 2.03 bits per heavy atom. The highest BCUT2D eigenvalue weighted by Gasteiger charge is 2.30. The molecule has 5 nitrogen and oxygen atoms in total. The summed E-state index contributed by atoms with van der Waals surface area (Å²) >= 11 is 0. The molecule has 3 fully saturated rings. The van der Waals surface area contributed by atoms with Gasteiger partial charge in [-0.15, -0.1) is 0 Å². The highest BCUT2D eigenvalue weighted by Crippen LogP contribution is 2.33. The Hall–Kier alpha value is -2.66. The second-order valence-corrected chi connectivity index (χ2v) is 11.3. The molecular formula is C31H39N3O2. The fourth-order valence-corrected chi connectivity index (χ4v) is 6.60. The van der Waals surface area contributed by atoms with Crippen LogP contribution in [-0.4, -0.2) is 65.3 Å². The first-order valence-corrected chi connectivity index (χ1v) is 14.2. The molecule has 2 heterocycles. The standard InChI is InChI=1S/C31H39N3O2/c35-30(25-11-9-24(10-12-25)23-5-2-1-3-6-23)34-16-15-26-21-27(13-14-28(26)22-34)31(36)33-19-17-32(18-20-33)29-7-4-8-29/h9-14,21,23,29H,1-8,15-20,22H2. The molecule has 1 saturated heterocycles. The van der Waals surface area contributed by atoms with Crippen molar-refractivity contribution in [2.75, 3.05) is 32.7 Å². The molecule has 2 saturated carbocycles. The van der Waals surface area contributed by atoms with Gasteiger partial charge in [0.1, 0.15) is 0 Å². The second-order valence-electron chi connectivity index (χ2n) is 11.3. The topological polar surface area (TPSA) is 43.9 Å². The average molecular weight is 486 g/mol. The van der Waals surface area contributed by atoms with Gasteiger partial charge >= 0.3 is 0 Å². The lowest BCUT2D eigenvalue weighted by atomic mass is 9.84. The molecular weight excluding hydrogens is 446 g/mol. The molecule has 2 aromatic carbocycles. The highest BCUT2D eigenvalue weighted by atomic mass is 16.2. The van der Waals surface area contributed by atoms with Crippen LogP contribution >= 0.6 is 0 Å². The smallest absolute Gasteiger partial charge is 0.254 e. The summed E-state index contributed by atoms with van der Waals surface area (Å²) in [6.07, 6.45) is 11.4. The number of fused-ring (bicyclic) bond motifs is 1. The van der Waals surface area contributed by atoms with Gasteiger partial charge in [0, 0.05) is 56.4 Å². The van der Waals surface area contributed by atoms with E-state index >= 15 is 0 Å². The van der Waals surface area contributed by atoms with Crippen molar-refractivity contribution in [3.63, 3.8) is 0 Å². The normalized spacial score (nSPS) is 21.7. The molecule has 0 unspecified atom stereocenters. The number of rotatable bonds is 4. The number of carbonyl (C=O) groups excluding carboxylic acids is 2. The lowest BCUT2D eigenvalue weighted by Gasteiger charge is -2.43. The van der Waals surface area contributed by atoms with Gasteiger partial charge in [-0.05, 0) is 79.0 Å². The Morgan fingerprint density at radius 1 is 0.639 bits per heavy atom. The van der Waals surface area contributed by atoms with Crippen LogP contribution in [-0.2, 0) is 13.0 Å². The lowest BCUT2D eigenvalue weighted by molar-refractivity contribution is 0.0455. The van der Waals surface area contributed by atoms with Gasteiger partial charge in [0.05, 0.1) is 0 Å². The lowest BCUT2D eigenvalue weighted by Crippen LogP contribution is -2.53. The molecule has 190 valence electrons. The third kappa shape index (κ3) is 4.82. The van der Waals surface area contributed by atoms with Gasteiger partial charge < -0.3 is 9.80 Å². The fraction of sp³-hybridized carbons (Fsp3) is 0.548. The van der Waals surface area contributed by atoms with Gasteiger partial charge in [0.25, 0.3) is 11.8 Å². The number of benzene rings is 2. The molecule has 0 bridgehead atoms. The molecule has 36 heavy (non-hydrogen) atoms. The Bertz CT molecular complexity index is 1090. The fourth-order valence-electron chi connectivity index (χ4n) is 6.60. The summed E-state index contributed by atoms with van der Waals surface area (Å²) in [5, 5.41) is 0. The first-order chi connectivity index (χ1) is 17.7. The zero-order chi connectivity index (χ0) is 24.5. The SMILES string of the molecule is O=C(c1ccc2c(c1)CCN(C(=O)c1ccc(C3CCCCC3)cc1)C2)N1CCN(C2CCC2)CC1.